The number of hydrogen-bond donors (Lipinski definition) is 0. The SMILES string of the molecule is CN1CCN(c2cc(N3CCN(C(=O)c4ccccc4SC(F)F)CC3)ncn2)CC1. The van der Waals surface area contributed by atoms with Crippen molar-refractivity contribution in [3.63, 3.8) is 0 Å². The maximum Gasteiger partial charge on any atom is 0.288 e. The third-order valence-corrected chi connectivity index (χ3v) is 6.48. The van der Waals surface area contributed by atoms with Gasteiger partial charge < -0.3 is 19.6 Å². The summed E-state index contributed by atoms with van der Waals surface area (Å²) < 4.78 is 25.7. The molecular weight excluding hydrogens is 422 g/mol. The van der Waals surface area contributed by atoms with Crippen molar-refractivity contribution in [1.82, 2.24) is 19.8 Å². The van der Waals surface area contributed by atoms with Gasteiger partial charge in [-0.1, -0.05) is 23.9 Å². The van der Waals surface area contributed by atoms with Gasteiger partial charge in [-0.25, -0.2) is 9.97 Å². The molecule has 0 aliphatic carbocycles. The van der Waals surface area contributed by atoms with Gasteiger partial charge in [-0.15, -0.1) is 0 Å². The predicted molar refractivity (Wildman–Crippen MR) is 118 cm³/mol. The lowest BCUT2D eigenvalue weighted by Gasteiger charge is -2.36. The van der Waals surface area contributed by atoms with E-state index >= 15 is 0 Å². The van der Waals surface area contributed by atoms with Crippen molar-refractivity contribution in [3.05, 3.63) is 42.2 Å². The van der Waals surface area contributed by atoms with E-state index in [1.807, 2.05) is 6.07 Å². The van der Waals surface area contributed by atoms with Crippen LogP contribution in [0.1, 0.15) is 10.4 Å². The van der Waals surface area contributed by atoms with Crippen LogP contribution in [0.4, 0.5) is 20.4 Å². The zero-order valence-corrected chi connectivity index (χ0v) is 18.3. The first-order valence-corrected chi connectivity index (χ1v) is 11.2. The highest BCUT2D eigenvalue weighted by molar-refractivity contribution is 7.99. The quantitative estimate of drug-likeness (QED) is 0.652. The summed E-state index contributed by atoms with van der Waals surface area (Å²) in [5.74, 6) is -0.985. The van der Waals surface area contributed by atoms with Crippen LogP contribution in [0.25, 0.3) is 0 Å². The molecule has 4 rings (SSSR count). The molecule has 2 aliphatic heterocycles. The molecule has 3 heterocycles. The summed E-state index contributed by atoms with van der Waals surface area (Å²) in [5.41, 5.74) is 0.334. The molecule has 0 unspecified atom stereocenters. The minimum Gasteiger partial charge on any atom is -0.354 e. The molecular formula is C21H26F2N6OS. The number of thioether (sulfide) groups is 1. The Hall–Kier alpha value is -2.46. The summed E-state index contributed by atoms with van der Waals surface area (Å²) in [6, 6.07) is 8.58. The number of carbonyl (C=O) groups excluding carboxylic acids is 1. The van der Waals surface area contributed by atoms with Crippen molar-refractivity contribution in [2.45, 2.75) is 10.7 Å². The van der Waals surface area contributed by atoms with Gasteiger partial charge in [0, 0.05) is 63.3 Å². The molecule has 7 nitrogen and oxygen atoms in total. The molecule has 0 bridgehead atoms. The number of anilines is 2. The molecule has 0 spiro atoms. The highest BCUT2D eigenvalue weighted by Crippen LogP contribution is 2.29. The number of alkyl halides is 2. The highest BCUT2D eigenvalue weighted by Gasteiger charge is 2.26. The Morgan fingerprint density at radius 1 is 0.935 bits per heavy atom. The molecule has 0 N–H and O–H groups in total. The lowest BCUT2D eigenvalue weighted by atomic mass is 10.2. The third kappa shape index (κ3) is 5.24. The number of amides is 1. The summed E-state index contributed by atoms with van der Waals surface area (Å²) in [5, 5.41) is 0. The van der Waals surface area contributed by atoms with E-state index in [2.05, 4.69) is 31.7 Å². The fraction of sp³-hybridized carbons (Fsp3) is 0.476. The van der Waals surface area contributed by atoms with Gasteiger partial charge in [-0.05, 0) is 19.2 Å². The summed E-state index contributed by atoms with van der Waals surface area (Å²) in [7, 11) is 2.12. The standard InChI is InChI=1S/C21H26F2N6OS/c1-26-6-8-27(9-7-26)18-14-19(25-15-24-18)28-10-12-29(13-11-28)20(30)16-4-2-3-5-17(16)31-21(22)23/h2-5,14-15,21H,6-13H2,1H3. The Bertz CT molecular complexity index is 901. The molecule has 31 heavy (non-hydrogen) atoms. The molecule has 2 fully saturated rings. The topological polar surface area (TPSA) is 55.8 Å². The van der Waals surface area contributed by atoms with Crippen molar-refractivity contribution in [3.8, 4) is 0 Å². The maximum absolute atomic E-state index is 12.9. The van der Waals surface area contributed by atoms with Gasteiger partial charge in [0.2, 0.25) is 0 Å². The van der Waals surface area contributed by atoms with E-state index in [4.69, 9.17) is 0 Å². The minimum absolute atomic E-state index is 0.204. The van der Waals surface area contributed by atoms with Gasteiger partial charge in [0.15, 0.2) is 0 Å². The molecule has 0 atom stereocenters. The van der Waals surface area contributed by atoms with Gasteiger partial charge in [-0.3, -0.25) is 4.79 Å². The molecule has 1 amide bonds. The molecule has 1 aromatic carbocycles. The first kappa shape index (κ1) is 21.8. The van der Waals surface area contributed by atoms with E-state index in [0.29, 0.717) is 48.4 Å². The van der Waals surface area contributed by atoms with E-state index in [9.17, 15) is 13.6 Å². The van der Waals surface area contributed by atoms with Crippen LogP contribution < -0.4 is 9.80 Å². The molecule has 10 heteroatoms. The normalized spacial score (nSPS) is 18.0. The fourth-order valence-corrected chi connectivity index (χ4v) is 4.50. The van der Waals surface area contributed by atoms with Gasteiger partial charge in [0.05, 0.1) is 5.56 Å². The van der Waals surface area contributed by atoms with Crippen molar-refractivity contribution < 1.29 is 13.6 Å². The Morgan fingerprint density at radius 2 is 1.52 bits per heavy atom. The Labute approximate surface area is 185 Å². The van der Waals surface area contributed by atoms with E-state index in [0.717, 1.165) is 37.8 Å². The Balaban J connectivity index is 1.39. The second-order valence-corrected chi connectivity index (χ2v) is 8.71. The van der Waals surface area contributed by atoms with Crippen LogP contribution in [0, 0.1) is 0 Å². The second kappa shape index (κ2) is 9.78. The maximum atomic E-state index is 12.9. The van der Waals surface area contributed by atoms with Gasteiger partial charge in [0.25, 0.3) is 11.7 Å². The number of rotatable bonds is 5. The average Bonchev–Trinajstić information content (AvgIpc) is 2.79. The van der Waals surface area contributed by atoms with Crippen LogP contribution in [-0.4, -0.2) is 90.8 Å². The molecule has 2 saturated heterocycles. The zero-order valence-electron chi connectivity index (χ0n) is 17.5. The minimum atomic E-state index is -2.56. The zero-order chi connectivity index (χ0) is 21.8. The van der Waals surface area contributed by atoms with Crippen molar-refractivity contribution in [2.24, 2.45) is 0 Å². The predicted octanol–water partition coefficient (Wildman–Crippen LogP) is 2.51. The van der Waals surface area contributed by atoms with Gasteiger partial charge in [0.1, 0.15) is 18.0 Å². The van der Waals surface area contributed by atoms with Crippen LogP contribution in [0.5, 0.6) is 0 Å². The largest absolute Gasteiger partial charge is 0.354 e. The summed E-state index contributed by atoms with van der Waals surface area (Å²) >= 11 is 0.414. The summed E-state index contributed by atoms with van der Waals surface area (Å²) in [6.07, 6.45) is 1.60. The Kier molecular flexibility index (Phi) is 6.86. The third-order valence-electron chi connectivity index (χ3n) is 5.69. The van der Waals surface area contributed by atoms with E-state index in [1.54, 1.807) is 35.5 Å². The number of carbonyl (C=O) groups is 1. The second-order valence-electron chi connectivity index (χ2n) is 7.68. The number of aromatic nitrogens is 2. The average molecular weight is 449 g/mol. The monoisotopic (exact) mass is 448 g/mol. The number of hydrogen-bond acceptors (Lipinski definition) is 7. The van der Waals surface area contributed by atoms with Crippen molar-refractivity contribution in [1.29, 1.82) is 0 Å². The van der Waals surface area contributed by atoms with E-state index in [-0.39, 0.29) is 5.91 Å². The van der Waals surface area contributed by atoms with Crippen molar-refractivity contribution in [2.75, 3.05) is 69.2 Å². The summed E-state index contributed by atoms with van der Waals surface area (Å²) in [4.78, 5) is 30.6. The smallest absolute Gasteiger partial charge is 0.288 e. The molecule has 1 aromatic heterocycles. The molecule has 0 radical (unpaired) electrons. The van der Waals surface area contributed by atoms with Crippen LogP contribution in [0.15, 0.2) is 41.6 Å². The number of benzene rings is 1. The summed E-state index contributed by atoms with van der Waals surface area (Å²) in [6.45, 7) is 6.18. The first-order valence-electron chi connectivity index (χ1n) is 10.3. The van der Waals surface area contributed by atoms with Crippen LogP contribution >= 0.6 is 11.8 Å². The molecule has 0 saturated carbocycles. The van der Waals surface area contributed by atoms with Crippen LogP contribution in [-0.2, 0) is 0 Å². The van der Waals surface area contributed by atoms with Gasteiger partial charge >= 0.3 is 0 Å². The van der Waals surface area contributed by atoms with E-state index < -0.39 is 5.76 Å². The number of halogens is 2. The highest BCUT2D eigenvalue weighted by atomic mass is 32.2. The lowest BCUT2D eigenvalue weighted by molar-refractivity contribution is 0.0743. The van der Waals surface area contributed by atoms with E-state index in [1.165, 1.54) is 0 Å². The van der Waals surface area contributed by atoms with Gasteiger partial charge in [-0.2, -0.15) is 8.78 Å². The fourth-order valence-electron chi connectivity index (χ4n) is 3.87. The lowest BCUT2D eigenvalue weighted by Crippen LogP contribution is -2.49. The first-order chi connectivity index (χ1) is 15.0. The Morgan fingerprint density at radius 3 is 2.13 bits per heavy atom. The number of likely N-dealkylation sites (N-methyl/N-ethyl adjacent to an activating group) is 1. The molecule has 2 aromatic rings. The molecule has 166 valence electrons. The molecule has 2 aliphatic rings. The number of piperazine rings is 2. The van der Waals surface area contributed by atoms with Crippen molar-refractivity contribution >= 4 is 29.3 Å². The number of nitrogens with zero attached hydrogens (tertiary/aromatic N) is 6. The van der Waals surface area contributed by atoms with Crippen LogP contribution in [0.3, 0.4) is 0 Å². The van der Waals surface area contributed by atoms with Crippen LogP contribution in [0.2, 0.25) is 0 Å².